The van der Waals surface area contributed by atoms with E-state index in [-0.39, 0.29) is 18.6 Å². The molecule has 0 bridgehead atoms. The average molecular weight is 214 g/mol. The second kappa shape index (κ2) is 4.08. The molecular weight excluding hydrogens is 196 g/mol. The molecule has 86 valence electrons. The van der Waals surface area contributed by atoms with E-state index < -0.39 is 5.54 Å². The smallest absolute Gasteiger partial charge is 0.245 e. The lowest BCUT2D eigenvalue weighted by Gasteiger charge is -2.31. The topological polar surface area (TPSA) is 75.8 Å². The van der Waals surface area contributed by atoms with Crippen molar-refractivity contribution in [1.82, 2.24) is 4.90 Å². The Balaban J connectivity index is 2.06. The number of rotatable bonds is 2. The Bertz CT molecular complexity index is 251. The van der Waals surface area contributed by atoms with Crippen LogP contribution < -0.4 is 5.73 Å². The Morgan fingerprint density at radius 2 is 2.47 bits per heavy atom. The lowest BCUT2D eigenvalue weighted by atomic mass is 9.98. The fourth-order valence-electron chi connectivity index (χ4n) is 2.33. The largest absolute Gasteiger partial charge is 0.394 e. The van der Waals surface area contributed by atoms with Crippen LogP contribution in [-0.4, -0.2) is 53.9 Å². The summed E-state index contributed by atoms with van der Waals surface area (Å²) >= 11 is 0. The Labute approximate surface area is 89.2 Å². The number of carbonyl (C=O) groups is 1. The average Bonchev–Trinajstić information content (AvgIpc) is 2.85. The van der Waals surface area contributed by atoms with Gasteiger partial charge in [0.05, 0.1) is 19.3 Å². The maximum Gasteiger partial charge on any atom is 0.245 e. The first-order valence-electron chi connectivity index (χ1n) is 5.46. The molecule has 3 N–H and O–H groups in total. The van der Waals surface area contributed by atoms with Crippen LogP contribution in [0.4, 0.5) is 0 Å². The van der Waals surface area contributed by atoms with Gasteiger partial charge in [-0.15, -0.1) is 0 Å². The molecule has 0 saturated carbocycles. The summed E-state index contributed by atoms with van der Waals surface area (Å²) in [5, 5.41) is 9.15. The summed E-state index contributed by atoms with van der Waals surface area (Å²) in [5.41, 5.74) is 5.15. The van der Waals surface area contributed by atoms with Crippen molar-refractivity contribution in [3.8, 4) is 0 Å². The van der Waals surface area contributed by atoms with Crippen LogP contribution in [0.1, 0.15) is 19.3 Å². The number of hydrogen-bond donors (Lipinski definition) is 2. The molecule has 2 atom stereocenters. The van der Waals surface area contributed by atoms with E-state index in [4.69, 9.17) is 15.6 Å². The molecule has 2 saturated heterocycles. The number of aliphatic hydroxyl groups excluding tert-OH is 1. The molecule has 0 aromatic heterocycles. The van der Waals surface area contributed by atoms with Crippen molar-refractivity contribution in [2.24, 2.45) is 5.73 Å². The number of amides is 1. The third kappa shape index (κ3) is 1.87. The Morgan fingerprint density at radius 3 is 3.07 bits per heavy atom. The minimum absolute atomic E-state index is 0.0304. The van der Waals surface area contributed by atoms with Gasteiger partial charge in [-0.3, -0.25) is 4.79 Å². The van der Waals surface area contributed by atoms with Gasteiger partial charge in [0.1, 0.15) is 5.54 Å². The zero-order chi connectivity index (χ0) is 10.9. The van der Waals surface area contributed by atoms with Gasteiger partial charge >= 0.3 is 0 Å². The number of nitrogens with two attached hydrogens (primary N) is 1. The fraction of sp³-hybridized carbons (Fsp3) is 0.900. The maximum atomic E-state index is 12.1. The van der Waals surface area contributed by atoms with Gasteiger partial charge in [0.25, 0.3) is 0 Å². The molecule has 0 spiro atoms. The third-order valence-electron chi connectivity index (χ3n) is 3.33. The van der Waals surface area contributed by atoms with Gasteiger partial charge in [-0.2, -0.15) is 0 Å². The standard InChI is InChI=1S/C10H18N2O3/c11-10(3-5-15-7-10)9(14)12-4-1-2-8(12)6-13/h8,13H,1-7,11H2/t8-,10?/m0/s1. The van der Waals surface area contributed by atoms with Crippen molar-refractivity contribution in [2.75, 3.05) is 26.4 Å². The predicted molar refractivity (Wildman–Crippen MR) is 54.2 cm³/mol. The number of likely N-dealkylation sites (tertiary alicyclic amines) is 1. The van der Waals surface area contributed by atoms with Crippen LogP contribution in [0.25, 0.3) is 0 Å². The van der Waals surface area contributed by atoms with Gasteiger partial charge in [0, 0.05) is 13.2 Å². The van der Waals surface area contributed by atoms with Gasteiger partial charge in [-0.1, -0.05) is 0 Å². The Morgan fingerprint density at radius 1 is 1.67 bits per heavy atom. The van der Waals surface area contributed by atoms with Crippen LogP contribution in [0.5, 0.6) is 0 Å². The molecule has 5 heteroatoms. The van der Waals surface area contributed by atoms with E-state index in [0.29, 0.717) is 26.2 Å². The maximum absolute atomic E-state index is 12.1. The van der Waals surface area contributed by atoms with E-state index in [1.807, 2.05) is 0 Å². The lowest BCUT2D eigenvalue weighted by Crippen LogP contribution is -2.57. The molecule has 2 aliphatic rings. The highest BCUT2D eigenvalue weighted by Crippen LogP contribution is 2.24. The minimum atomic E-state index is -0.849. The summed E-state index contributed by atoms with van der Waals surface area (Å²) in [7, 11) is 0. The third-order valence-corrected chi connectivity index (χ3v) is 3.33. The van der Waals surface area contributed by atoms with Crippen LogP contribution in [0.2, 0.25) is 0 Å². The second-order valence-corrected chi connectivity index (χ2v) is 4.44. The van der Waals surface area contributed by atoms with Gasteiger partial charge < -0.3 is 20.5 Å². The molecule has 0 aliphatic carbocycles. The number of nitrogens with zero attached hydrogens (tertiary/aromatic N) is 1. The first kappa shape index (κ1) is 10.9. The second-order valence-electron chi connectivity index (χ2n) is 4.44. The fourth-order valence-corrected chi connectivity index (χ4v) is 2.33. The van der Waals surface area contributed by atoms with Crippen molar-refractivity contribution >= 4 is 5.91 Å². The summed E-state index contributed by atoms with van der Waals surface area (Å²) in [6.45, 7) is 1.60. The lowest BCUT2D eigenvalue weighted by molar-refractivity contribution is -0.138. The zero-order valence-electron chi connectivity index (χ0n) is 8.82. The van der Waals surface area contributed by atoms with Crippen LogP contribution >= 0.6 is 0 Å². The first-order valence-corrected chi connectivity index (χ1v) is 5.46. The predicted octanol–water partition coefficient (Wildman–Crippen LogP) is -0.913. The SMILES string of the molecule is NC1(C(=O)N2CCC[C@H]2CO)CCOC1. The molecule has 2 rings (SSSR count). The molecule has 1 unspecified atom stereocenters. The summed E-state index contributed by atoms with van der Waals surface area (Å²) in [4.78, 5) is 13.9. The molecule has 2 aliphatic heterocycles. The van der Waals surface area contributed by atoms with Crippen molar-refractivity contribution in [3.05, 3.63) is 0 Å². The molecular formula is C10H18N2O3. The normalized spacial score (nSPS) is 36.1. The molecule has 1 amide bonds. The Hall–Kier alpha value is -0.650. The van der Waals surface area contributed by atoms with Gasteiger partial charge in [0.2, 0.25) is 5.91 Å². The van der Waals surface area contributed by atoms with E-state index in [2.05, 4.69) is 0 Å². The summed E-state index contributed by atoms with van der Waals surface area (Å²) < 4.78 is 5.17. The number of hydrogen-bond acceptors (Lipinski definition) is 4. The van der Waals surface area contributed by atoms with Crippen molar-refractivity contribution < 1.29 is 14.6 Å². The molecule has 0 aromatic rings. The molecule has 0 aromatic carbocycles. The first-order chi connectivity index (χ1) is 7.17. The van der Waals surface area contributed by atoms with E-state index in [0.717, 1.165) is 12.8 Å². The minimum Gasteiger partial charge on any atom is -0.394 e. The summed E-state index contributed by atoms with van der Waals surface area (Å²) in [6, 6.07) is -0.0430. The highest BCUT2D eigenvalue weighted by atomic mass is 16.5. The van der Waals surface area contributed by atoms with Gasteiger partial charge in [-0.25, -0.2) is 0 Å². The number of aliphatic hydroxyl groups is 1. The zero-order valence-corrected chi connectivity index (χ0v) is 8.82. The van der Waals surface area contributed by atoms with Crippen molar-refractivity contribution in [1.29, 1.82) is 0 Å². The van der Waals surface area contributed by atoms with Gasteiger partial charge in [-0.05, 0) is 19.3 Å². The molecule has 15 heavy (non-hydrogen) atoms. The van der Waals surface area contributed by atoms with Gasteiger partial charge in [0.15, 0.2) is 0 Å². The quantitative estimate of drug-likeness (QED) is 0.624. The van der Waals surface area contributed by atoms with E-state index in [1.165, 1.54) is 0 Å². The summed E-state index contributed by atoms with van der Waals surface area (Å²) in [6.07, 6.45) is 2.41. The van der Waals surface area contributed by atoms with Crippen molar-refractivity contribution in [3.63, 3.8) is 0 Å². The molecule has 5 nitrogen and oxygen atoms in total. The Kier molecular flexibility index (Phi) is 2.95. The highest BCUT2D eigenvalue weighted by molar-refractivity contribution is 5.87. The van der Waals surface area contributed by atoms with Crippen LogP contribution in [0.3, 0.4) is 0 Å². The molecule has 2 fully saturated rings. The number of ether oxygens (including phenoxy) is 1. The molecule has 2 heterocycles. The number of carbonyl (C=O) groups excluding carboxylic acids is 1. The monoisotopic (exact) mass is 214 g/mol. The van der Waals surface area contributed by atoms with E-state index in [9.17, 15) is 4.79 Å². The molecule has 0 radical (unpaired) electrons. The highest BCUT2D eigenvalue weighted by Gasteiger charge is 2.43. The van der Waals surface area contributed by atoms with E-state index in [1.54, 1.807) is 4.90 Å². The summed E-state index contributed by atoms with van der Waals surface area (Å²) in [5.74, 6) is -0.0587. The van der Waals surface area contributed by atoms with E-state index >= 15 is 0 Å². The van der Waals surface area contributed by atoms with Crippen molar-refractivity contribution in [2.45, 2.75) is 30.8 Å². The van der Waals surface area contributed by atoms with Crippen LogP contribution in [0, 0.1) is 0 Å². The van der Waals surface area contributed by atoms with Crippen LogP contribution in [0.15, 0.2) is 0 Å². The van der Waals surface area contributed by atoms with Crippen LogP contribution in [-0.2, 0) is 9.53 Å².